The van der Waals surface area contributed by atoms with Crippen LogP contribution in [0.1, 0.15) is 13.8 Å². The standard InChI is InChI=1S/C11H15BrFNO/c1-7(2)11(6-14)15-10-5-8(13)3-4-9(10)12/h3-5,7,11H,6,14H2,1-2H3. The van der Waals surface area contributed by atoms with E-state index in [0.717, 1.165) is 4.47 Å². The molecule has 1 unspecified atom stereocenters. The average molecular weight is 276 g/mol. The van der Waals surface area contributed by atoms with Crippen LogP contribution in [0.3, 0.4) is 0 Å². The van der Waals surface area contributed by atoms with Gasteiger partial charge in [-0.1, -0.05) is 13.8 Å². The molecule has 0 fully saturated rings. The topological polar surface area (TPSA) is 35.2 Å². The molecule has 4 heteroatoms. The molecule has 0 saturated carbocycles. The van der Waals surface area contributed by atoms with Gasteiger partial charge in [-0.05, 0) is 34.0 Å². The Balaban J connectivity index is 2.82. The quantitative estimate of drug-likeness (QED) is 0.917. The van der Waals surface area contributed by atoms with Crippen LogP contribution in [0.15, 0.2) is 22.7 Å². The third-order valence-corrected chi connectivity index (χ3v) is 2.80. The monoisotopic (exact) mass is 275 g/mol. The van der Waals surface area contributed by atoms with E-state index < -0.39 is 0 Å². The second-order valence-corrected chi connectivity index (χ2v) is 4.57. The summed E-state index contributed by atoms with van der Waals surface area (Å²) in [4.78, 5) is 0. The number of halogens is 2. The molecule has 1 aromatic rings. The van der Waals surface area contributed by atoms with Gasteiger partial charge >= 0.3 is 0 Å². The highest BCUT2D eigenvalue weighted by atomic mass is 79.9. The summed E-state index contributed by atoms with van der Waals surface area (Å²) in [6, 6.07) is 4.36. The van der Waals surface area contributed by atoms with Crippen molar-refractivity contribution < 1.29 is 9.13 Å². The summed E-state index contributed by atoms with van der Waals surface area (Å²) < 4.78 is 19.3. The molecule has 0 amide bonds. The van der Waals surface area contributed by atoms with Crippen molar-refractivity contribution >= 4 is 15.9 Å². The predicted molar refractivity (Wildman–Crippen MR) is 62.4 cm³/mol. The van der Waals surface area contributed by atoms with Crippen molar-refractivity contribution in [1.29, 1.82) is 0 Å². The maximum atomic E-state index is 13.0. The van der Waals surface area contributed by atoms with Crippen molar-refractivity contribution in [3.05, 3.63) is 28.5 Å². The molecule has 1 rings (SSSR count). The van der Waals surface area contributed by atoms with Crippen LogP contribution in [-0.4, -0.2) is 12.6 Å². The zero-order valence-corrected chi connectivity index (χ0v) is 10.4. The number of rotatable bonds is 4. The highest BCUT2D eigenvalue weighted by Crippen LogP contribution is 2.27. The van der Waals surface area contributed by atoms with Gasteiger partial charge in [-0.25, -0.2) is 4.39 Å². The summed E-state index contributed by atoms with van der Waals surface area (Å²) in [7, 11) is 0. The normalized spacial score (nSPS) is 12.9. The first-order chi connectivity index (χ1) is 7.04. The minimum Gasteiger partial charge on any atom is -0.488 e. The highest BCUT2D eigenvalue weighted by molar-refractivity contribution is 9.10. The molecule has 0 aliphatic heterocycles. The molecule has 0 saturated heterocycles. The molecule has 2 nitrogen and oxygen atoms in total. The second-order valence-electron chi connectivity index (χ2n) is 3.71. The molecular weight excluding hydrogens is 261 g/mol. The number of benzene rings is 1. The van der Waals surface area contributed by atoms with E-state index in [1.165, 1.54) is 12.1 Å². The van der Waals surface area contributed by atoms with E-state index in [9.17, 15) is 4.39 Å². The van der Waals surface area contributed by atoms with E-state index in [4.69, 9.17) is 10.5 Å². The summed E-state index contributed by atoms with van der Waals surface area (Å²) in [5, 5.41) is 0. The minimum absolute atomic E-state index is 0.0944. The summed E-state index contributed by atoms with van der Waals surface area (Å²) >= 11 is 3.30. The lowest BCUT2D eigenvalue weighted by Crippen LogP contribution is -2.31. The highest BCUT2D eigenvalue weighted by Gasteiger charge is 2.14. The Morgan fingerprint density at radius 3 is 2.67 bits per heavy atom. The molecule has 0 aliphatic rings. The van der Waals surface area contributed by atoms with Gasteiger partial charge in [-0.3, -0.25) is 0 Å². The minimum atomic E-state index is -0.312. The summed E-state index contributed by atoms with van der Waals surface area (Å²) in [6.07, 6.45) is -0.0944. The van der Waals surface area contributed by atoms with Crippen LogP contribution in [0.2, 0.25) is 0 Å². The lowest BCUT2D eigenvalue weighted by Gasteiger charge is -2.21. The number of hydrogen-bond donors (Lipinski definition) is 1. The van der Waals surface area contributed by atoms with Gasteiger partial charge in [-0.15, -0.1) is 0 Å². The van der Waals surface area contributed by atoms with Gasteiger partial charge in [0.25, 0.3) is 0 Å². The van der Waals surface area contributed by atoms with Crippen LogP contribution in [0.25, 0.3) is 0 Å². The van der Waals surface area contributed by atoms with E-state index in [1.807, 2.05) is 13.8 Å². The molecule has 1 aromatic carbocycles. The average Bonchev–Trinajstić information content (AvgIpc) is 2.18. The van der Waals surface area contributed by atoms with Crippen LogP contribution in [0.5, 0.6) is 5.75 Å². The van der Waals surface area contributed by atoms with Gasteiger partial charge in [0.1, 0.15) is 17.7 Å². The molecule has 0 spiro atoms. The zero-order valence-electron chi connectivity index (χ0n) is 8.84. The largest absolute Gasteiger partial charge is 0.488 e. The van der Waals surface area contributed by atoms with Crippen LogP contribution < -0.4 is 10.5 Å². The maximum Gasteiger partial charge on any atom is 0.136 e. The lowest BCUT2D eigenvalue weighted by molar-refractivity contribution is 0.157. The molecule has 1 atom stereocenters. The first-order valence-electron chi connectivity index (χ1n) is 4.86. The van der Waals surface area contributed by atoms with Crippen molar-refractivity contribution in [3.63, 3.8) is 0 Å². The smallest absolute Gasteiger partial charge is 0.136 e. The molecule has 0 aromatic heterocycles. The molecule has 0 bridgehead atoms. The first-order valence-corrected chi connectivity index (χ1v) is 5.65. The SMILES string of the molecule is CC(C)C(CN)Oc1cc(F)ccc1Br. The fourth-order valence-corrected chi connectivity index (χ4v) is 1.53. The summed E-state index contributed by atoms with van der Waals surface area (Å²) in [5.41, 5.74) is 5.58. The van der Waals surface area contributed by atoms with Crippen molar-refractivity contribution in [1.82, 2.24) is 0 Å². The Bertz CT molecular complexity index is 330. The van der Waals surface area contributed by atoms with Crippen LogP contribution >= 0.6 is 15.9 Å². The van der Waals surface area contributed by atoms with Crippen LogP contribution in [-0.2, 0) is 0 Å². The third-order valence-electron chi connectivity index (χ3n) is 2.15. The van der Waals surface area contributed by atoms with E-state index >= 15 is 0 Å². The zero-order chi connectivity index (χ0) is 11.4. The molecule has 0 heterocycles. The summed E-state index contributed by atoms with van der Waals surface area (Å²) in [6.45, 7) is 4.45. The Kier molecular flexibility index (Phi) is 4.54. The van der Waals surface area contributed by atoms with Gasteiger partial charge in [0.15, 0.2) is 0 Å². The Labute approximate surface area is 97.7 Å². The maximum absolute atomic E-state index is 13.0. The number of hydrogen-bond acceptors (Lipinski definition) is 2. The van der Waals surface area contributed by atoms with Gasteiger partial charge in [-0.2, -0.15) is 0 Å². The molecular formula is C11H15BrFNO. The molecule has 0 aliphatic carbocycles. The van der Waals surface area contributed by atoms with Crippen LogP contribution in [0, 0.1) is 11.7 Å². The van der Waals surface area contributed by atoms with E-state index in [0.29, 0.717) is 18.2 Å². The Morgan fingerprint density at radius 1 is 1.47 bits per heavy atom. The van der Waals surface area contributed by atoms with Gasteiger partial charge < -0.3 is 10.5 Å². The fraction of sp³-hybridized carbons (Fsp3) is 0.455. The molecule has 2 N–H and O–H groups in total. The van der Waals surface area contributed by atoms with E-state index in [2.05, 4.69) is 15.9 Å². The van der Waals surface area contributed by atoms with E-state index in [-0.39, 0.29) is 11.9 Å². The van der Waals surface area contributed by atoms with Crippen LogP contribution in [0.4, 0.5) is 4.39 Å². The lowest BCUT2D eigenvalue weighted by atomic mass is 10.1. The van der Waals surface area contributed by atoms with Gasteiger partial charge in [0, 0.05) is 12.6 Å². The number of nitrogens with two attached hydrogens (primary N) is 1. The van der Waals surface area contributed by atoms with E-state index in [1.54, 1.807) is 6.07 Å². The van der Waals surface area contributed by atoms with Gasteiger partial charge in [0.2, 0.25) is 0 Å². The Morgan fingerprint density at radius 2 is 2.13 bits per heavy atom. The van der Waals surface area contributed by atoms with Crippen molar-refractivity contribution in [2.24, 2.45) is 11.7 Å². The summed E-state index contributed by atoms with van der Waals surface area (Å²) in [5.74, 6) is 0.483. The molecule has 15 heavy (non-hydrogen) atoms. The molecule has 0 radical (unpaired) electrons. The Hall–Kier alpha value is -0.610. The van der Waals surface area contributed by atoms with Crippen molar-refractivity contribution in [2.75, 3.05) is 6.54 Å². The third kappa shape index (κ3) is 3.47. The fourth-order valence-electron chi connectivity index (χ4n) is 1.19. The van der Waals surface area contributed by atoms with Crippen molar-refractivity contribution in [2.45, 2.75) is 20.0 Å². The predicted octanol–water partition coefficient (Wildman–Crippen LogP) is 2.95. The van der Waals surface area contributed by atoms with Crippen molar-refractivity contribution in [3.8, 4) is 5.75 Å². The second kappa shape index (κ2) is 5.47. The molecule has 84 valence electrons. The number of ether oxygens (including phenoxy) is 1. The van der Waals surface area contributed by atoms with Gasteiger partial charge in [0.05, 0.1) is 4.47 Å². The first kappa shape index (κ1) is 12.5.